The van der Waals surface area contributed by atoms with Gasteiger partial charge in [-0.3, -0.25) is 0 Å². The highest BCUT2D eigenvalue weighted by atomic mass is 19.1. The number of hydrogen-bond donors (Lipinski definition) is 0. The molecule has 4 rings (SSSR count). The molecule has 3 aromatic rings. The van der Waals surface area contributed by atoms with Crippen LogP contribution in [0, 0.1) is 29.5 Å². The quantitative estimate of drug-likeness (QED) is 0.126. The van der Waals surface area contributed by atoms with E-state index in [1.165, 1.54) is 82.6 Å². The number of fused-ring (bicyclic) bond motifs is 1. The van der Waals surface area contributed by atoms with Gasteiger partial charge in [-0.05, 0) is 85.2 Å². The predicted octanol–water partition coefficient (Wildman–Crippen LogP) is 11.0. The first-order valence-corrected chi connectivity index (χ1v) is 15.6. The zero-order valence-electron chi connectivity index (χ0n) is 24.3. The third-order valence-corrected chi connectivity index (χ3v) is 8.68. The van der Waals surface area contributed by atoms with Crippen molar-refractivity contribution in [2.75, 3.05) is 0 Å². The second-order valence-electron chi connectivity index (χ2n) is 11.7. The van der Waals surface area contributed by atoms with Crippen LogP contribution in [0.25, 0.3) is 10.8 Å². The van der Waals surface area contributed by atoms with E-state index in [9.17, 15) is 4.39 Å². The third-order valence-electron chi connectivity index (χ3n) is 8.68. The largest absolute Gasteiger partial charge is 0.206 e. The SMILES string of the molecule is C/C=C/CCc1ccc2cc(C#Cc3ccc(CCC4CCC(CCCCCCC)CC4)cc3)ccc2c1F. The molecule has 0 aromatic heterocycles. The van der Waals surface area contributed by atoms with Crippen LogP contribution in [0.2, 0.25) is 0 Å². The molecule has 0 radical (unpaired) electrons. The van der Waals surface area contributed by atoms with Gasteiger partial charge in [-0.1, -0.05) is 125 Å². The van der Waals surface area contributed by atoms with Crippen LogP contribution in [0.3, 0.4) is 0 Å². The van der Waals surface area contributed by atoms with E-state index in [-0.39, 0.29) is 5.82 Å². The Bertz CT molecular complexity index is 1250. The molecule has 0 unspecified atom stereocenters. The molecule has 0 amide bonds. The van der Waals surface area contributed by atoms with E-state index in [0.717, 1.165) is 46.8 Å². The molecule has 1 aliphatic rings. The van der Waals surface area contributed by atoms with Crippen molar-refractivity contribution in [1.82, 2.24) is 0 Å². The van der Waals surface area contributed by atoms with Gasteiger partial charge in [-0.2, -0.15) is 0 Å². The highest BCUT2D eigenvalue weighted by Crippen LogP contribution is 2.34. The van der Waals surface area contributed by atoms with Gasteiger partial charge in [0.2, 0.25) is 0 Å². The van der Waals surface area contributed by atoms with Crippen molar-refractivity contribution >= 4 is 10.8 Å². The lowest BCUT2D eigenvalue weighted by Gasteiger charge is -2.28. The summed E-state index contributed by atoms with van der Waals surface area (Å²) in [6, 6.07) is 18.5. The molecule has 0 heterocycles. The highest BCUT2D eigenvalue weighted by molar-refractivity contribution is 5.85. The lowest BCUT2D eigenvalue weighted by Crippen LogP contribution is -2.15. The fraction of sp³-hybridized carbons (Fsp3) is 0.474. The molecule has 0 atom stereocenters. The van der Waals surface area contributed by atoms with Gasteiger partial charge in [-0.15, -0.1) is 0 Å². The Kier molecular flexibility index (Phi) is 11.7. The van der Waals surface area contributed by atoms with Gasteiger partial charge in [-0.25, -0.2) is 4.39 Å². The van der Waals surface area contributed by atoms with E-state index in [0.29, 0.717) is 5.39 Å². The van der Waals surface area contributed by atoms with Gasteiger partial charge in [0.1, 0.15) is 5.82 Å². The van der Waals surface area contributed by atoms with Crippen LogP contribution in [0.4, 0.5) is 4.39 Å². The van der Waals surface area contributed by atoms with Crippen LogP contribution in [-0.4, -0.2) is 0 Å². The summed E-state index contributed by atoms with van der Waals surface area (Å²) < 4.78 is 14.9. The molecular weight excluding hydrogens is 475 g/mol. The summed E-state index contributed by atoms with van der Waals surface area (Å²) in [6.45, 7) is 4.29. The molecule has 3 aromatic carbocycles. The maximum absolute atomic E-state index is 14.9. The second kappa shape index (κ2) is 15.7. The number of allylic oxidation sites excluding steroid dienone is 2. The Morgan fingerprint density at radius 2 is 1.46 bits per heavy atom. The fourth-order valence-electron chi connectivity index (χ4n) is 6.13. The van der Waals surface area contributed by atoms with Gasteiger partial charge >= 0.3 is 0 Å². The minimum Gasteiger partial charge on any atom is -0.206 e. The molecule has 1 fully saturated rings. The van der Waals surface area contributed by atoms with Gasteiger partial charge in [0.25, 0.3) is 0 Å². The monoisotopic (exact) mass is 522 g/mol. The standard InChI is InChI=1S/C38H47F/c1-3-5-7-8-10-11-30-13-15-31(16-14-30)17-18-32-19-21-33(22-20-32)23-24-34-25-28-37-36(29-34)27-26-35(38(37)39)12-9-6-4-2/h4,6,19-22,25-31H,3,5,7-18H2,1-2H3/b6-4+. The smallest absolute Gasteiger partial charge is 0.134 e. The number of rotatable bonds is 12. The summed E-state index contributed by atoms with van der Waals surface area (Å²) in [7, 11) is 0. The lowest BCUT2D eigenvalue weighted by molar-refractivity contribution is 0.248. The summed E-state index contributed by atoms with van der Waals surface area (Å²) in [5, 5.41) is 1.59. The normalized spacial score (nSPS) is 17.4. The van der Waals surface area contributed by atoms with Crippen LogP contribution in [0.1, 0.15) is 113 Å². The minimum absolute atomic E-state index is 0.0991. The maximum atomic E-state index is 14.9. The fourth-order valence-corrected chi connectivity index (χ4v) is 6.13. The first-order chi connectivity index (χ1) is 19.2. The van der Waals surface area contributed by atoms with Crippen molar-refractivity contribution in [3.05, 3.63) is 94.8 Å². The van der Waals surface area contributed by atoms with Crippen molar-refractivity contribution in [2.45, 2.75) is 104 Å². The Morgan fingerprint density at radius 1 is 0.769 bits per heavy atom. The van der Waals surface area contributed by atoms with Gasteiger partial charge in [0, 0.05) is 16.5 Å². The first kappa shape index (κ1) is 29.1. The van der Waals surface area contributed by atoms with Crippen molar-refractivity contribution in [1.29, 1.82) is 0 Å². The van der Waals surface area contributed by atoms with Crippen molar-refractivity contribution in [3.8, 4) is 11.8 Å². The molecule has 0 aliphatic heterocycles. The number of hydrogen-bond acceptors (Lipinski definition) is 0. The van der Waals surface area contributed by atoms with E-state index < -0.39 is 0 Å². The summed E-state index contributed by atoms with van der Waals surface area (Å²) in [4.78, 5) is 0. The first-order valence-electron chi connectivity index (χ1n) is 15.6. The van der Waals surface area contributed by atoms with E-state index in [1.54, 1.807) is 0 Å². The van der Waals surface area contributed by atoms with E-state index in [1.807, 2.05) is 43.3 Å². The predicted molar refractivity (Wildman–Crippen MR) is 167 cm³/mol. The van der Waals surface area contributed by atoms with E-state index in [2.05, 4.69) is 49.1 Å². The van der Waals surface area contributed by atoms with E-state index in [4.69, 9.17) is 0 Å². The van der Waals surface area contributed by atoms with Crippen LogP contribution >= 0.6 is 0 Å². The zero-order valence-corrected chi connectivity index (χ0v) is 24.3. The Hall–Kier alpha value is -2.85. The Balaban J connectivity index is 1.24. The lowest BCUT2D eigenvalue weighted by atomic mass is 9.77. The minimum atomic E-state index is -0.0991. The molecule has 0 saturated heterocycles. The average Bonchev–Trinajstić information content (AvgIpc) is 2.97. The molecule has 206 valence electrons. The second-order valence-corrected chi connectivity index (χ2v) is 11.7. The molecule has 0 spiro atoms. The van der Waals surface area contributed by atoms with Crippen molar-refractivity contribution < 1.29 is 4.39 Å². The highest BCUT2D eigenvalue weighted by Gasteiger charge is 2.20. The topological polar surface area (TPSA) is 0 Å². The van der Waals surface area contributed by atoms with Crippen LogP contribution in [-0.2, 0) is 12.8 Å². The summed E-state index contributed by atoms with van der Waals surface area (Å²) >= 11 is 0. The number of unbranched alkanes of at least 4 members (excludes halogenated alkanes) is 4. The van der Waals surface area contributed by atoms with Crippen LogP contribution < -0.4 is 0 Å². The molecular formula is C38H47F. The van der Waals surface area contributed by atoms with Gasteiger partial charge in [0.05, 0.1) is 0 Å². The number of halogens is 1. The molecule has 1 aliphatic carbocycles. The Morgan fingerprint density at radius 3 is 2.21 bits per heavy atom. The molecule has 0 N–H and O–H groups in total. The third kappa shape index (κ3) is 9.10. The maximum Gasteiger partial charge on any atom is 0.134 e. The van der Waals surface area contributed by atoms with E-state index >= 15 is 0 Å². The number of benzene rings is 3. The summed E-state index contributed by atoms with van der Waals surface area (Å²) in [5.74, 6) is 8.38. The molecule has 0 bridgehead atoms. The van der Waals surface area contributed by atoms with Crippen molar-refractivity contribution in [2.24, 2.45) is 11.8 Å². The average molecular weight is 523 g/mol. The molecule has 1 heteroatoms. The van der Waals surface area contributed by atoms with Crippen molar-refractivity contribution in [3.63, 3.8) is 0 Å². The summed E-state index contributed by atoms with van der Waals surface area (Å²) in [6.07, 6.45) is 22.5. The zero-order chi connectivity index (χ0) is 27.3. The molecule has 1 saturated carbocycles. The molecule has 39 heavy (non-hydrogen) atoms. The van der Waals surface area contributed by atoms with Gasteiger partial charge in [0.15, 0.2) is 0 Å². The Labute approximate surface area is 237 Å². The molecule has 0 nitrogen and oxygen atoms in total. The van der Waals surface area contributed by atoms with Crippen LogP contribution in [0.5, 0.6) is 0 Å². The summed E-state index contributed by atoms with van der Waals surface area (Å²) in [5.41, 5.74) is 4.15. The number of aryl methyl sites for hydroxylation is 2. The van der Waals surface area contributed by atoms with Gasteiger partial charge < -0.3 is 0 Å². The van der Waals surface area contributed by atoms with Crippen LogP contribution in [0.15, 0.2) is 66.7 Å².